The van der Waals surface area contributed by atoms with Gasteiger partial charge in [-0.05, 0) is 37.3 Å². The van der Waals surface area contributed by atoms with Crippen molar-refractivity contribution in [3.8, 4) is 6.07 Å². The molecule has 2 rings (SSSR count). The van der Waals surface area contributed by atoms with E-state index < -0.39 is 0 Å². The first-order valence-electron chi connectivity index (χ1n) is 4.75. The third-order valence-corrected chi connectivity index (χ3v) is 2.50. The molecule has 0 atom stereocenters. The molecule has 0 aliphatic heterocycles. The van der Waals surface area contributed by atoms with Gasteiger partial charge in [-0.3, -0.25) is 4.98 Å². The topological polar surface area (TPSA) is 36.7 Å². The molecule has 0 saturated heterocycles. The SMILES string of the molecule is N#CCc1ccc2c(n1)CCCC2. The van der Waals surface area contributed by atoms with E-state index in [9.17, 15) is 0 Å². The van der Waals surface area contributed by atoms with E-state index in [0.717, 1.165) is 18.5 Å². The second-order valence-electron chi connectivity index (χ2n) is 3.45. The zero-order valence-corrected chi connectivity index (χ0v) is 7.58. The average molecular weight is 172 g/mol. The highest BCUT2D eigenvalue weighted by Gasteiger charge is 2.10. The van der Waals surface area contributed by atoms with Gasteiger partial charge in [-0.2, -0.15) is 5.26 Å². The summed E-state index contributed by atoms with van der Waals surface area (Å²) >= 11 is 0. The molecule has 0 aromatic carbocycles. The van der Waals surface area contributed by atoms with Crippen molar-refractivity contribution in [1.29, 1.82) is 5.26 Å². The van der Waals surface area contributed by atoms with Crippen molar-refractivity contribution in [2.24, 2.45) is 0 Å². The van der Waals surface area contributed by atoms with Crippen molar-refractivity contribution in [3.05, 3.63) is 29.1 Å². The van der Waals surface area contributed by atoms with Crippen molar-refractivity contribution in [1.82, 2.24) is 4.98 Å². The molecule has 13 heavy (non-hydrogen) atoms. The molecule has 0 N–H and O–H groups in total. The van der Waals surface area contributed by atoms with Gasteiger partial charge in [0.2, 0.25) is 0 Å². The molecule has 0 bridgehead atoms. The van der Waals surface area contributed by atoms with Crippen molar-refractivity contribution >= 4 is 0 Å². The Balaban J connectivity index is 2.31. The largest absolute Gasteiger partial charge is 0.257 e. The normalized spacial score (nSPS) is 14.7. The van der Waals surface area contributed by atoms with Crippen LogP contribution >= 0.6 is 0 Å². The van der Waals surface area contributed by atoms with Crippen LogP contribution in [0.15, 0.2) is 12.1 Å². The van der Waals surface area contributed by atoms with Crippen LogP contribution in [0.1, 0.15) is 29.8 Å². The van der Waals surface area contributed by atoms with Crippen LogP contribution in [0.3, 0.4) is 0 Å². The highest BCUT2D eigenvalue weighted by atomic mass is 14.7. The molecular formula is C11H12N2. The van der Waals surface area contributed by atoms with Crippen LogP contribution in [-0.2, 0) is 19.3 Å². The highest BCUT2D eigenvalue weighted by molar-refractivity contribution is 5.26. The summed E-state index contributed by atoms with van der Waals surface area (Å²) in [5.74, 6) is 0. The second kappa shape index (κ2) is 3.57. The van der Waals surface area contributed by atoms with E-state index in [4.69, 9.17) is 5.26 Å². The lowest BCUT2D eigenvalue weighted by Gasteiger charge is -2.14. The van der Waals surface area contributed by atoms with Crippen molar-refractivity contribution in [2.45, 2.75) is 32.1 Å². The van der Waals surface area contributed by atoms with E-state index in [1.165, 1.54) is 24.1 Å². The molecular weight excluding hydrogens is 160 g/mol. The molecule has 66 valence electrons. The monoisotopic (exact) mass is 172 g/mol. The fourth-order valence-corrected chi connectivity index (χ4v) is 1.81. The molecule has 0 spiro atoms. The van der Waals surface area contributed by atoms with Gasteiger partial charge >= 0.3 is 0 Å². The molecule has 0 radical (unpaired) electrons. The van der Waals surface area contributed by atoms with Crippen LogP contribution in [0, 0.1) is 11.3 Å². The molecule has 0 unspecified atom stereocenters. The molecule has 1 aliphatic rings. The van der Waals surface area contributed by atoms with Gasteiger partial charge in [0.05, 0.1) is 18.2 Å². The van der Waals surface area contributed by atoms with Gasteiger partial charge in [0.25, 0.3) is 0 Å². The van der Waals surface area contributed by atoms with Crippen LogP contribution < -0.4 is 0 Å². The fourth-order valence-electron chi connectivity index (χ4n) is 1.81. The highest BCUT2D eigenvalue weighted by Crippen LogP contribution is 2.19. The predicted molar refractivity (Wildman–Crippen MR) is 50.2 cm³/mol. The Morgan fingerprint density at radius 1 is 1.31 bits per heavy atom. The number of nitrogens with zero attached hydrogens (tertiary/aromatic N) is 2. The van der Waals surface area contributed by atoms with Crippen LogP contribution in [0.4, 0.5) is 0 Å². The number of aryl methyl sites for hydroxylation is 2. The first kappa shape index (κ1) is 8.25. The van der Waals surface area contributed by atoms with Crippen LogP contribution in [0.25, 0.3) is 0 Å². The number of hydrogen-bond donors (Lipinski definition) is 0. The minimum atomic E-state index is 0.438. The minimum Gasteiger partial charge on any atom is -0.257 e. The minimum absolute atomic E-state index is 0.438. The molecule has 2 nitrogen and oxygen atoms in total. The Kier molecular flexibility index (Phi) is 2.27. The van der Waals surface area contributed by atoms with Crippen LogP contribution in [-0.4, -0.2) is 4.98 Å². The zero-order chi connectivity index (χ0) is 9.10. The van der Waals surface area contributed by atoms with Gasteiger partial charge in [0.15, 0.2) is 0 Å². The molecule has 1 heterocycles. The van der Waals surface area contributed by atoms with Gasteiger partial charge in [-0.15, -0.1) is 0 Å². The first-order valence-corrected chi connectivity index (χ1v) is 4.75. The van der Waals surface area contributed by atoms with E-state index >= 15 is 0 Å². The van der Waals surface area contributed by atoms with Crippen molar-refractivity contribution in [2.75, 3.05) is 0 Å². The number of hydrogen-bond acceptors (Lipinski definition) is 2. The number of aromatic nitrogens is 1. The summed E-state index contributed by atoms with van der Waals surface area (Å²) in [6.45, 7) is 0. The van der Waals surface area contributed by atoms with Crippen LogP contribution in [0.2, 0.25) is 0 Å². The molecule has 2 heteroatoms. The summed E-state index contributed by atoms with van der Waals surface area (Å²) in [5.41, 5.74) is 3.52. The van der Waals surface area contributed by atoms with E-state index in [1.54, 1.807) is 0 Å². The van der Waals surface area contributed by atoms with Crippen molar-refractivity contribution in [3.63, 3.8) is 0 Å². The maximum Gasteiger partial charge on any atom is 0.0774 e. The lowest BCUT2D eigenvalue weighted by atomic mass is 9.96. The third kappa shape index (κ3) is 1.70. The molecule has 0 saturated carbocycles. The number of pyridine rings is 1. The number of rotatable bonds is 1. The maximum atomic E-state index is 8.53. The van der Waals surface area contributed by atoms with Crippen molar-refractivity contribution < 1.29 is 0 Å². The zero-order valence-electron chi connectivity index (χ0n) is 7.58. The molecule has 1 aromatic rings. The smallest absolute Gasteiger partial charge is 0.0774 e. The summed E-state index contributed by atoms with van der Waals surface area (Å²) in [5, 5.41) is 8.53. The summed E-state index contributed by atoms with van der Waals surface area (Å²) in [7, 11) is 0. The van der Waals surface area contributed by atoms with E-state index in [2.05, 4.69) is 17.1 Å². The summed E-state index contributed by atoms with van der Waals surface area (Å²) in [6.07, 6.45) is 5.22. The Labute approximate surface area is 78.2 Å². The van der Waals surface area contributed by atoms with Gasteiger partial charge in [0, 0.05) is 5.69 Å². The summed E-state index contributed by atoms with van der Waals surface area (Å²) < 4.78 is 0. The Hall–Kier alpha value is -1.36. The fraction of sp³-hybridized carbons (Fsp3) is 0.455. The van der Waals surface area contributed by atoms with Gasteiger partial charge in [-0.1, -0.05) is 6.07 Å². The first-order chi connectivity index (χ1) is 6.40. The molecule has 1 aromatic heterocycles. The van der Waals surface area contributed by atoms with E-state index in [1.807, 2.05) is 6.07 Å². The van der Waals surface area contributed by atoms with Gasteiger partial charge in [-0.25, -0.2) is 0 Å². The number of nitriles is 1. The quantitative estimate of drug-likeness (QED) is 0.649. The second-order valence-corrected chi connectivity index (χ2v) is 3.45. The van der Waals surface area contributed by atoms with E-state index in [0.29, 0.717) is 6.42 Å². The molecule has 0 fully saturated rings. The summed E-state index contributed by atoms with van der Waals surface area (Å²) in [6, 6.07) is 6.24. The average Bonchev–Trinajstić information content (AvgIpc) is 2.18. The summed E-state index contributed by atoms with van der Waals surface area (Å²) in [4.78, 5) is 4.48. The van der Waals surface area contributed by atoms with Crippen LogP contribution in [0.5, 0.6) is 0 Å². The van der Waals surface area contributed by atoms with Gasteiger partial charge < -0.3 is 0 Å². The Bertz CT molecular complexity index is 350. The number of fused-ring (bicyclic) bond motifs is 1. The Morgan fingerprint density at radius 3 is 3.00 bits per heavy atom. The lowest BCUT2D eigenvalue weighted by molar-refractivity contribution is 0.664. The predicted octanol–water partition coefficient (Wildman–Crippen LogP) is 2.03. The molecule has 0 amide bonds. The maximum absolute atomic E-state index is 8.53. The lowest BCUT2D eigenvalue weighted by Crippen LogP contribution is -2.06. The Morgan fingerprint density at radius 2 is 2.15 bits per heavy atom. The third-order valence-electron chi connectivity index (χ3n) is 2.50. The van der Waals surface area contributed by atoms with Gasteiger partial charge in [0.1, 0.15) is 0 Å². The van der Waals surface area contributed by atoms with E-state index in [-0.39, 0.29) is 0 Å². The molecule has 1 aliphatic carbocycles. The standard InChI is InChI=1S/C11H12N2/c12-8-7-10-6-5-9-3-1-2-4-11(9)13-10/h5-6H,1-4,7H2.